The van der Waals surface area contributed by atoms with Gasteiger partial charge in [-0.1, -0.05) is 109 Å². The molecule has 0 saturated carbocycles. The Bertz CT molecular complexity index is 3120. The predicted octanol–water partition coefficient (Wildman–Crippen LogP) is 19.5. The molecule has 0 aliphatic carbocycles. The molecule has 0 spiro atoms. The molecule has 0 aliphatic heterocycles. The molecule has 0 heterocycles. The van der Waals surface area contributed by atoms with E-state index in [1.165, 1.54) is 0 Å². The van der Waals surface area contributed by atoms with Gasteiger partial charge in [0.2, 0.25) is 0 Å². The average molecular weight is 1070 g/mol. The molecule has 0 radical (unpaired) electrons. The van der Waals surface area contributed by atoms with Gasteiger partial charge in [0, 0.05) is 17.1 Å². The molecular weight excluding hydrogens is 1000 g/mol. The molecule has 10 rings (SSSR count). The molecule has 9 nitrogen and oxygen atoms in total. The van der Waals surface area contributed by atoms with Crippen molar-refractivity contribution in [3.8, 4) is 67.9 Å². The molecule has 10 aromatic carbocycles. The fourth-order valence-corrected chi connectivity index (χ4v) is 10.3. The second-order valence-electron chi connectivity index (χ2n) is 18.9. The van der Waals surface area contributed by atoms with E-state index in [-0.39, 0.29) is 0 Å². The largest absolute Gasteiger partial charge is 0.492 e. The molecule has 0 aliphatic rings. The van der Waals surface area contributed by atoms with E-state index >= 15 is 0 Å². The number of nitrogens with zero attached hydrogens (tertiary/aromatic N) is 3. The average Bonchev–Trinajstić information content (AvgIpc) is 3.55. The molecule has 0 N–H and O–H groups in total. The van der Waals surface area contributed by atoms with Crippen LogP contribution in [-0.4, -0.2) is 39.6 Å². The smallest absolute Gasteiger partial charge is 0.143 e. The molecule has 0 aromatic heterocycles. The van der Waals surface area contributed by atoms with Crippen molar-refractivity contribution in [2.75, 3.05) is 54.3 Å². The Kier molecular flexibility index (Phi) is 17.8. The van der Waals surface area contributed by atoms with Gasteiger partial charge >= 0.3 is 0 Å². The first-order valence-electron chi connectivity index (χ1n) is 28.1. The minimum Gasteiger partial charge on any atom is -0.492 e. The third kappa shape index (κ3) is 12.2. The van der Waals surface area contributed by atoms with Crippen molar-refractivity contribution >= 4 is 51.2 Å². The van der Waals surface area contributed by atoms with Gasteiger partial charge in [0.1, 0.15) is 34.5 Å². The lowest BCUT2D eigenvalue weighted by Crippen LogP contribution is -2.13. The maximum Gasteiger partial charge on any atom is 0.143 e. The van der Waals surface area contributed by atoms with Crippen molar-refractivity contribution in [2.24, 2.45) is 0 Å². The fraction of sp³-hybridized carbons (Fsp3) is 0.167. The summed E-state index contributed by atoms with van der Waals surface area (Å²) in [5.74, 6) is 4.69. The Hall–Kier alpha value is -9.60. The maximum absolute atomic E-state index is 6.24. The zero-order valence-corrected chi connectivity index (χ0v) is 47.1. The van der Waals surface area contributed by atoms with Gasteiger partial charge in [-0.25, -0.2) is 0 Å². The van der Waals surface area contributed by atoms with Crippen molar-refractivity contribution in [3.63, 3.8) is 0 Å². The predicted molar refractivity (Wildman–Crippen MR) is 334 cm³/mol. The molecule has 0 unspecified atom stereocenters. The fourth-order valence-electron chi connectivity index (χ4n) is 10.3. The van der Waals surface area contributed by atoms with Crippen LogP contribution in [0.4, 0.5) is 51.2 Å². The van der Waals surface area contributed by atoms with Gasteiger partial charge in [-0.05, 0) is 202 Å². The zero-order chi connectivity index (χ0) is 55.9. The number of anilines is 9. The van der Waals surface area contributed by atoms with Crippen LogP contribution in [0.1, 0.15) is 41.5 Å². The first-order chi connectivity index (χ1) is 39.9. The SMILES string of the molecule is CCOc1ccccc1N(c1ccc(-c2cc(-c3ccc(N(c4ccccc4OCC)c4ccccc4OCC)cc3)cc(-c3ccc(N(c4ccccc4OCC)c4ccccc4OCC)cc3)c2)cc1)c1ccccc1OCC. The number of hydrogen-bond donors (Lipinski definition) is 0. The van der Waals surface area contributed by atoms with Gasteiger partial charge in [-0.2, -0.15) is 0 Å². The van der Waals surface area contributed by atoms with Crippen LogP contribution in [0.15, 0.2) is 237 Å². The monoisotopic (exact) mass is 1070 g/mol. The zero-order valence-electron chi connectivity index (χ0n) is 47.1. The Morgan fingerprint density at radius 2 is 0.383 bits per heavy atom. The van der Waals surface area contributed by atoms with Gasteiger partial charge in [0.05, 0.1) is 73.8 Å². The summed E-state index contributed by atoms with van der Waals surface area (Å²) in [6.45, 7) is 15.3. The Balaban J connectivity index is 1.10. The number of rotatable bonds is 24. The van der Waals surface area contributed by atoms with Crippen LogP contribution in [-0.2, 0) is 0 Å². The summed E-state index contributed by atoms with van der Waals surface area (Å²) >= 11 is 0. The van der Waals surface area contributed by atoms with E-state index in [1.54, 1.807) is 0 Å². The molecule has 0 bridgehead atoms. The van der Waals surface area contributed by atoms with E-state index in [1.807, 2.05) is 151 Å². The molecule has 81 heavy (non-hydrogen) atoms. The van der Waals surface area contributed by atoms with Crippen molar-refractivity contribution in [1.82, 2.24) is 0 Å². The molecular formula is C72H69N3O6. The lowest BCUT2D eigenvalue weighted by molar-refractivity contribution is 0.338. The molecule has 408 valence electrons. The van der Waals surface area contributed by atoms with Crippen LogP contribution >= 0.6 is 0 Å². The van der Waals surface area contributed by atoms with Gasteiger partial charge < -0.3 is 43.1 Å². The lowest BCUT2D eigenvalue weighted by Gasteiger charge is -2.29. The first-order valence-corrected chi connectivity index (χ1v) is 28.1. The van der Waals surface area contributed by atoms with Crippen LogP contribution in [0.5, 0.6) is 34.5 Å². The van der Waals surface area contributed by atoms with Gasteiger partial charge in [-0.15, -0.1) is 0 Å². The molecule has 0 fully saturated rings. The minimum atomic E-state index is 0.533. The third-order valence-electron chi connectivity index (χ3n) is 13.7. The summed E-state index contributed by atoms with van der Waals surface area (Å²) in [4.78, 5) is 6.66. The highest BCUT2D eigenvalue weighted by atomic mass is 16.5. The second-order valence-corrected chi connectivity index (χ2v) is 18.9. The number of benzene rings is 10. The number of hydrogen-bond acceptors (Lipinski definition) is 9. The van der Waals surface area contributed by atoms with E-state index in [0.29, 0.717) is 39.6 Å². The Morgan fingerprint density at radius 1 is 0.210 bits per heavy atom. The number of para-hydroxylation sites is 12. The summed E-state index contributed by atoms with van der Waals surface area (Å²) in [7, 11) is 0. The standard InChI is InChI=1S/C72H69N3O6/c1-7-76-67-31-19-13-25-61(67)73(62-26-14-20-32-68(62)77-8-2)58-43-37-52(38-44-58)55-49-56(53-39-45-59(46-40-53)74(63-27-15-21-33-69(63)78-9-3)64-28-16-22-34-70(64)79-10-4)51-57(50-55)54-41-47-60(48-42-54)75(65-29-17-23-35-71(65)80-11-5)66-30-18-24-36-72(66)81-12-6/h13-51H,7-12H2,1-6H3. The van der Waals surface area contributed by atoms with Crippen molar-refractivity contribution in [3.05, 3.63) is 237 Å². The van der Waals surface area contributed by atoms with Gasteiger partial charge in [0.15, 0.2) is 0 Å². The molecule has 0 saturated heterocycles. The normalized spacial score (nSPS) is 10.9. The Labute approximate surface area is 477 Å². The van der Waals surface area contributed by atoms with E-state index in [9.17, 15) is 0 Å². The maximum atomic E-state index is 6.24. The van der Waals surface area contributed by atoms with Crippen molar-refractivity contribution in [1.29, 1.82) is 0 Å². The Morgan fingerprint density at radius 3 is 0.556 bits per heavy atom. The van der Waals surface area contributed by atoms with E-state index in [4.69, 9.17) is 28.4 Å². The van der Waals surface area contributed by atoms with Crippen LogP contribution < -0.4 is 43.1 Å². The highest BCUT2D eigenvalue weighted by Crippen LogP contribution is 2.48. The third-order valence-corrected chi connectivity index (χ3v) is 13.7. The summed E-state index contributed by atoms with van der Waals surface area (Å²) < 4.78 is 37.5. The lowest BCUT2D eigenvalue weighted by atomic mass is 9.93. The van der Waals surface area contributed by atoms with Crippen LogP contribution in [0.25, 0.3) is 33.4 Å². The highest BCUT2D eigenvalue weighted by molar-refractivity contribution is 5.89. The molecule has 10 aromatic rings. The quantitative estimate of drug-likeness (QED) is 0.0589. The summed E-state index contributed by atoms with van der Waals surface area (Å²) in [6, 6.07) is 82.2. The van der Waals surface area contributed by atoms with E-state index in [0.717, 1.165) is 119 Å². The summed E-state index contributed by atoms with van der Waals surface area (Å²) in [5.41, 5.74) is 14.7. The van der Waals surface area contributed by atoms with Gasteiger partial charge in [0.25, 0.3) is 0 Å². The molecule has 0 atom stereocenters. The molecule has 0 amide bonds. The van der Waals surface area contributed by atoms with E-state index < -0.39 is 0 Å². The van der Waals surface area contributed by atoms with Crippen LogP contribution in [0.3, 0.4) is 0 Å². The summed E-state index contributed by atoms with van der Waals surface area (Å²) in [5, 5.41) is 0. The topological polar surface area (TPSA) is 65.1 Å². The molecule has 9 heteroatoms. The number of ether oxygens (including phenoxy) is 6. The van der Waals surface area contributed by atoms with E-state index in [2.05, 4.69) is 142 Å². The minimum absolute atomic E-state index is 0.533. The van der Waals surface area contributed by atoms with Crippen molar-refractivity contribution < 1.29 is 28.4 Å². The summed E-state index contributed by atoms with van der Waals surface area (Å²) in [6.07, 6.45) is 0. The highest BCUT2D eigenvalue weighted by Gasteiger charge is 2.24. The van der Waals surface area contributed by atoms with Gasteiger partial charge in [-0.3, -0.25) is 0 Å². The van der Waals surface area contributed by atoms with Crippen LogP contribution in [0.2, 0.25) is 0 Å². The van der Waals surface area contributed by atoms with Crippen LogP contribution in [0, 0.1) is 0 Å². The first kappa shape index (κ1) is 54.7. The van der Waals surface area contributed by atoms with Crippen molar-refractivity contribution in [2.45, 2.75) is 41.5 Å². The second kappa shape index (κ2) is 26.4.